The molecule has 2 heterocycles. The zero-order valence-electron chi connectivity index (χ0n) is 15.9. The van der Waals surface area contributed by atoms with Crippen molar-refractivity contribution in [1.82, 2.24) is 9.78 Å². The van der Waals surface area contributed by atoms with E-state index in [1.165, 1.54) is 6.92 Å². The highest BCUT2D eigenvalue weighted by atomic mass is 19.1. The second-order valence-corrected chi connectivity index (χ2v) is 7.49. The van der Waals surface area contributed by atoms with Gasteiger partial charge in [-0.15, -0.1) is 0 Å². The van der Waals surface area contributed by atoms with Gasteiger partial charge in [0.15, 0.2) is 0 Å². The van der Waals surface area contributed by atoms with Crippen molar-refractivity contribution >= 4 is 17.5 Å². The van der Waals surface area contributed by atoms with Gasteiger partial charge in [0.2, 0.25) is 5.91 Å². The molecule has 0 spiro atoms. The number of ether oxygens (including phenoxy) is 1. The van der Waals surface area contributed by atoms with Crippen LogP contribution in [-0.4, -0.2) is 34.0 Å². The second kappa shape index (κ2) is 6.92. The van der Waals surface area contributed by atoms with Crippen LogP contribution in [0.25, 0.3) is 11.1 Å². The Hall–Kier alpha value is -2.90. The molecular formula is C20H23FN4O3. The molecule has 1 aliphatic carbocycles. The number of carbonyl (C=O) groups excluding carboxylic acids is 2. The molecular weight excluding hydrogens is 363 g/mol. The Kier molecular flexibility index (Phi) is 4.56. The first kappa shape index (κ1) is 18.5. The molecule has 2 aromatic rings. The molecule has 2 atom stereocenters. The summed E-state index contributed by atoms with van der Waals surface area (Å²) in [5.74, 6) is -1.04. The van der Waals surface area contributed by atoms with Gasteiger partial charge in [0.25, 0.3) is 5.91 Å². The summed E-state index contributed by atoms with van der Waals surface area (Å²) in [7, 11) is 0. The van der Waals surface area contributed by atoms with Crippen molar-refractivity contribution in [3.8, 4) is 16.9 Å². The number of amides is 2. The highest BCUT2D eigenvalue weighted by Gasteiger charge is 2.32. The number of rotatable bonds is 5. The quantitative estimate of drug-likeness (QED) is 0.855. The molecule has 2 aliphatic rings. The van der Waals surface area contributed by atoms with E-state index in [-0.39, 0.29) is 17.7 Å². The Morgan fingerprint density at radius 1 is 1.32 bits per heavy atom. The van der Waals surface area contributed by atoms with Crippen molar-refractivity contribution in [1.29, 1.82) is 0 Å². The van der Waals surface area contributed by atoms with E-state index in [1.54, 1.807) is 17.2 Å². The molecule has 148 valence electrons. The van der Waals surface area contributed by atoms with Crippen LogP contribution in [0, 0.1) is 0 Å². The average molecular weight is 386 g/mol. The zero-order chi connectivity index (χ0) is 20.0. The molecule has 1 aliphatic heterocycles. The SMILES string of the molecule is CC(=O)N1c2ccc(-c3cnn(C4CC4)c3)c(OC(F)C(N)=O)c2CC[C@@H]1C. The van der Waals surface area contributed by atoms with E-state index >= 15 is 0 Å². The van der Waals surface area contributed by atoms with Gasteiger partial charge in [-0.25, -0.2) is 0 Å². The number of halogens is 1. The van der Waals surface area contributed by atoms with Gasteiger partial charge in [0.05, 0.1) is 17.9 Å². The van der Waals surface area contributed by atoms with Gasteiger partial charge in [-0.3, -0.25) is 14.3 Å². The van der Waals surface area contributed by atoms with Crippen molar-refractivity contribution in [2.45, 2.75) is 58.0 Å². The van der Waals surface area contributed by atoms with Crippen LogP contribution < -0.4 is 15.4 Å². The molecule has 0 saturated heterocycles. The zero-order valence-corrected chi connectivity index (χ0v) is 15.9. The van der Waals surface area contributed by atoms with Crippen LogP contribution in [-0.2, 0) is 16.0 Å². The third-order valence-corrected chi connectivity index (χ3v) is 5.37. The lowest BCUT2D eigenvalue weighted by atomic mass is 9.92. The summed E-state index contributed by atoms with van der Waals surface area (Å²) in [6, 6.07) is 4.06. The largest absolute Gasteiger partial charge is 0.451 e. The van der Waals surface area contributed by atoms with Crippen LogP contribution in [0.1, 0.15) is 44.7 Å². The molecule has 1 aromatic heterocycles. The van der Waals surface area contributed by atoms with Crippen LogP contribution in [0.3, 0.4) is 0 Å². The van der Waals surface area contributed by atoms with E-state index in [2.05, 4.69) is 5.10 Å². The van der Waals surface area contributed by atoms with E-state index in [0.29, 0.717) is 35.7 Å². The monoisotopic (exact) mass is 386 g/mol. The summed E-state index contributed by atoms with van der Waals surface area (Å²) < 4.78 is 21.4. The average Bonchev–Trinajstić information content (AvgIpc) is 3.38. The maximum absolute atomic E-state index is 14.2. The number of benzene rings is 1. The number of fused-ring (bicyclic) bond motifs is 1. The van der Waals surface area contributed by atoms with Crippen molar-refractivity contribution < 1.29 is 18.7 Å². The number of nitrogens with two attached hydrogens (primary N) is 1. The van der Waals surface area contributed by atoms with Crippen LogP contribution in [0.4, 0.5) is 10.1 Å². The molecule has 2 N–H and O–H groups in total. The van der Waals surface area contributed by atoms with Crippen LogP contribution in [0.15, 0.2) is 24.5 Å². The molecule has 7 nitrogen and oxygen atoms in total. The Bertz CT molecular complexity index is 938. The molecule has 2 amide bonds. The number of primary amides is 1. The Balaban J connectivity index is 1.83. The Labute approximate surface area is 162 Å². The van der Waals surface area contributed by atoms with Gasteiger partial charge in [-0.05, 0) is 44.7 Å². The van der Waals surface area contributed by atoms with Crippen molar-refractivity contribution in [3.63, 3.8) is 0 Å². The standard InChI is InChI=1S/C20H23FN4O3/c1-11-3-6-16-17(25(11)12(2)26)8-7-15(18(16)28-19(21)20(22)27)13-9-23-24(10-13)14-4-5-14/h7-11,14,19H,3-6H2,1-2H3,(H2,22,27)/t11-,19?/m0/s1. The number of alkyl halides is 1. The van der Waals surface area contributed by atoms with E-state index in [9.17, 15) is 14.0 Å². The summed E-state index contributed by atoms with van der Waals surface area (Å²) in [5, 5.41) is 4.39. The fourth-order valence-electron chi connectivity index (χ4n) is 3.82. The fraction of sp³-hybridized carbons (Fsp3) is 0.450. The minimum Gasteiger partial charge on any atom is -0.451 e. The summed E-state index contributed by atoms with van der Waals surface area (Å²) >= 11 is 0. The first-order chi connectivity index (χ1) is 13.4. The normalized spacial score (nSPS) is 19.8. The van der Waals surface area contributed by atoms with E-state index < -0.39 is 12.3 Å². The number of hydrogen-bond donors (Lipinski definition) is 1. The lowest BCUT2D eigenvalue weighted by Crippen LogP contribution is -2.41. The van der Waals surface area contributed by atoms with Crippen LogP contribution >= 0.6 is 0 Å². The molecule has 4 rings (SSSR count). The number of nitrogens with zero attached hydrogens (tertiary/aromatic N) is 3. The third kappa shape index (κ3) is 3.23. The van der Waals surface area contributed by atoms with E-state index in [1.807, 2.05) is 23.9 Å². The molecule has 1 aromatic carbocycles. The van der Waals surface area contributed by atoms with Crippen molar-refractivity contribution in [2.24, 2.45) is 5.73 Å². The van der Waals surface area contributed by atoms with Crippen molar-refractivity contribution in [2.75, 3.05) is 4.90 Å². The summed E-state index contributed by atoms with van der Waals surface area (Å²) in [5.41, 5.74) is 7.86. The van der Waals surface area contributed by atoms with Gasteiger partial charge in [-0.1, -0.05) is 0 Å². The van der Waals surface area contributed by atoms with Crippen molar-refractivity contribution in [3.05, 3.63) is 30.1 Å². The summed E-state index contributed by atoms with van der Waals surface area (Å²) in [6.07, 6.45) is 4.83. The smallest absolute Gasteiger partial charge is 0.316 e. The van der Waals surface area contributed by atoms with Gasteiger partial charge in [0, 0.05) is 35.9 Å². The highest BCUT2D eigenvalue weighted by molar-refractivity contribution is 5.95. The van der Waals surface area contributed by atoms with E-state index in [0.717, 1.165) is 18.4 Å². The molecule has 8 heteroatoms. The number of carbonyl (C=O) groups is 2. The Morgan fingerprint density at radius 2 is 2.07 bits per heavy atom. The minimum absolute atomic E-state index is 0.0265. The van der Waals surface area contributed by atoms with Crippen LogP contribution in [0.5, 0.6) is 5.75 Å². The third-order valence-electron chi connectivity index (χ3n) is 5.37. The molecule has 0 radical (unpaired) electrons. The van der Waals surface area contributed by atoms with E-state index in [4.69, 9.17) is 10.5 Å². The summed E-state index contributed by atoms with van der Waals surface area (Å²) in [4.78, 5) is 25.1. The van der Waals surface area contributed by atoms with Gasteiger partial charge < -0.3 is 15.4 Å². The minimum atomic E-state index is -2.27. The predicted molar refractivity (Wildman–Crippen MR) is 102 cm³/mol. The first-order valence-electron chi connectivity index (χ1n) is 9.47. The number of aromatic nitrogens is 2. The molecule has 0 bridgehead atoms. The first-order valence-corrected chi connectivity index (χ1v) is 9.47. The van der Waals surface area contributed by atoms with Crippen LogP contribution in [0.2, 0.25) is 0 Å². The van der Waals surface area contributed by atoms with Gasteiger partial charge in [-0.2, -0.15) is 9.49 Å². The molecule has 1 unspecified atom stereocenters. The molecule has 28 heavy (non-hydrogen) atoms. The number of hydrogen-bond acceptors (Lipinski definition) is 4. The number of anilines is 1. The topological polar surface area (TPSA) is 90.4 Å². The second-order valence-electron chi connectivity index (χ2n) is 7.49. The molecule has 1 fully saturated rings. The maximum Gasteiger partial charge on any atom is 0.316 e. The Morgan fingerprint density at radius 3 is 2.71 bits per heavy atom. The maximum atomic E-state index is 14.2. The molecule has 1 saturated carbocycles. The summed E-state index contributed by atoms with van der Waals surface area (Å²) in [6.45, 7) is 3.47. The van der Waals surface area contributed by atoms with Gasteiger partial charge >= 0.3 is 6.36 Å². The fourth-order valence-corrected chi connectivity index (χ4v) is 3.82. The van der Waals surface area contributed by atoms with Gasteiger partial charge in [0.1, 0.15) is 5.75 Å². The highest BCUT2D eigenvalue weighted by Crippen LogP contribution is 2.44. The lowest BCUT2D eigenvalue weighted by Gasteiger charge is -2.36. The lowest BCUT2D eigenvalue weighted by molar-refractivity contribution is -0.131. The predicted octanol–water partition coefficient (Wildman–Crippen LogP) is 2.73.